The van der Waals surface area contributed by atoms with Crippen LogP contribution >= 0.6 is 0 Å². The fourth-order valence-corrected chi connectivity index (χ4v) is 6.30. The fourth-order valence-electron chi connectivity index (χ4n) is 6.30. The number of anilines is 1. The topological polar surface area (TPSA) is 146 Å². The van der Waals surface area contributed by atoms with E-state index in [9.17, 15) is 19.5 Å². The van der Waals surface area contributed by atoms with Crippen molar-refractivity contribution in [3.63, 3.8) is 0 Å². The van der Waals surface area contributed by atoms with Gasteiger partial charge in [-0.25, -0.2) is 4.79 Å². The summed E-state index contributed by atoms with van der Waals surface area (Å²) in [5, 5.41) is 20.7. The van der Waals surface area contributed by atoms with Gasteiger partial charge in [-0.05, 0) is 79.8 Å². The minimum atomic E-state index is -1.01. The average molecular weight is 644 g/mol. The number of urea groups is 1. The summed E-state index contributed by atoms with van der Waals surface area (Å²) in [6.07, 6.45) is 0.764. The summed E-state index contributed by atoms with van der Waals surface area (Å²) in [4.78, 5) is 41.4. The number of ether oxygens (including phenoxy) is 1. The Labute approximate surface area is 278 Å². The van der Waals surface area contributed by atoms with Crippen LogP contribution in [0.5, 0.6) is 5.75 Å². The van der Waals surface area contributed by atoms with Crippen molar-refractivity contribution >= 4 is 23.5 Å². The van der Waals surface area contributed by atoms with E-state index in [1.165, 1.54) is 0 Å². The Hall–Kier alpha value is -4.57. The lowest BCUT2D eigenvalue weighted by atomic mass is 9.92. The van der Waals surface area contributed by atoms with Gasteiger partial charge in [-0.15, -0.1) is 0 Å². The highest BCUT2D eigenvalue weighted by Gasteiger charge is 2.35. The molecule has 6 N–H and O–H groups in total. The van der Waals surface area contributed by atoms with Crippen LogP contribution in [0.1, 0.15) is 48.9 Å². The molecule has 4 amide bonds. The van der Waals surface area contributed by atoms with Crippen LogP contribution in [0.4, 0.5) is 10.5 Å². The Morgan fingerprint density at radius 3 is 2.13 bits per heavy atom. The first-order chi connectivity index (χ1) is 22.5. The number of amides is 4. The van der Waals surface area contributed by atoms with Crippen molar-refractivity contribution < 1.29 is 24.2 Å². The van der Waals surface area contributed by atoms with E-state index >= 15 is 0 Å². The third kappa shape index (κ3) is 10.2. The molecule has 0 aromatic heterocycles. The second kappa shape index (κ2) is 16.8. The van der Waals surface area contributed by atoms with Gasteiger partial charge in [0.2, 0.25) is 5.91 Å². The first-order valence-corrected chi connectivity index (χ1v) is 16.4. The van der Waals surface area contributed by atoms with Gasteiger partial charge in [0.15, 0.2) is 6.61 Å². The molecule has 4 rings (SSSR count). The highest BCUT2D eigenvalue weighted by molar-refractivity contribution is 5.87. The van der Waals surface area contributed by atoms with Crippen LogP contribution in [0.25, 0.3) is 0 Å². The van der Waals surface area contributed by atoms with Gasteiger partial charge in [0, 0.05) is 24.8 Å². The summed E-state index contributed by atoms with van der Waals surface area (Å²) in [7, 11) is 0. The molecule has 1 heterocycles. The monoisotopic (exact) mass is 643 g/mol. The van der Waals surface area contributed by atoms with Crippen LogP contribution < -0.4 is 26.4 Å². The largest absolute Gasteiger partial charge is 0.483 e. The Morgan fingerprint density at radius 1 is 0.957 bits per heavy atom. The van der Waals surface area contributed by atoms with Crippen LogP contribution in [-0.4, -0.2) is 71.8 Å². The van der Waals surface area contributed by atoms with Gasteiger partial charge < -0.3 is 36.4 Å². The van der Waals surface area contributed by atoms with E-state index < -0.39 is 24.2 Å². The second-order valence-corrected chi connectivity index (χ2v) is 12.8. The number of aliphatic hydroxyl groups excluding tert-OH is 1. The van der Waals surface area contributed by atoms with E-state index in [1.807, 2.05) is 88.4 Å². The molecular formula is C37H49N5O5. The molecule has 1 aliphatic rings. The van der Waals surface area contributed by atoms with Gasteiger partial charge in [-0.3, -0.25) is 9.59 Å². The molecule has 0 saturated carbocycles. The van der Waals surface area contributed by atoms with Crippen LogP contribution in [-0.2, 0) is 22.4 Å². The molecule has 10 nitrogen and oxygen atoms in total. The number of hydrogen-bond donors (Lipinski definition) is 5. The molecule has 4 atom stereocenters. The first-order valence-electron chi connectivity index (χ1n) is 16.4. The minimum Gasteiger partial charge on any atom is -0.483 e. The van der Waals surface area contributed by atoms with E-state index in [-0.39, 0.29) is 36.8 Å². The molecule has 47 heavy (non-hydrogen) atoms. The number of benzene rings is 3. The number of aliphatic hydroxyl groups is 1. The van der Waals surface area contributed by atoms with Crippen LogP contribution in [0.3, 0.4) is 0 Å². The van der Waals surface area contributed by atoms with Crippen molar-refractivity contribution in [3.05, 3.63) is 95.1 Å². The third-order valence-electron chi connectivity index (χ3n) is 8.49. The van der Waals surface area contributed by atoms with Crippen LogP contribution in [0, 0.1) is 19.8 Å². The zero-order chi connectivity index (χ0) is 33.9. The predicted octanol–water partition coefficient (Wildman–Crippen LogP) is 3.91. The van der Waals surface area contributed by atoms with Crippen molar-refractivity contribution in [1.82, 2.24) is 20.9 Å². The fraction of sp³-hybridized carbons (Fsp3) is 0.432. The zero-order valence-corrected chi connectivity index (χ0v) is 27.9. The van der Waals surface area contributed by atoms with E-state index in [0.717, 1.165) is 28.7 Å². The lowest BCUT2D eigenvalue weighted by Crippen LogP contribution is -2.59. The Bertz CT molecular complexity index is 1460. The zero-order valence-electron chi connectivity index (χ0n) is 27.9. The van der Waals surface area contributed by atoms with E-state index in [1.54, 1.807) is 17.0 Å². The number of hydrogen-bond acceptors (Lipinski definition) is 6. The molecule has 0 unspecified atom stereocenters. The number of rotatable bonds is 15. The maximum Gasteiger partial charge on any atom is 0.318 e. The Balaban J connectivity index is 1.52. The SMILES string of the molecule is Cc1cc(N)cc(C)c1OCC(=O)N[C@H](Cc1ccccc1)[C@H](O)C[C@@H](Cc1ccccc1)NC(=O)[C@@H](C(C)C)N1CCCNC1=O. The van der Waals surface area contributed by atoms with Crippen molar-refractivity contribution in [2.75, 3.05) is 25.4 Å². The van der Waals surface area contributed by atoms with Crippen molar-refractivity contribution in [3.8, 4) is 5.75 Å². The van der Waals surface area contributed by atoms with E-state index in [2.05, 4.69) is 16.0 Å². The number of carbonyl (C=O) groups is 3. The molecule has 0 aliphatic carbocycles. The van der Waals surface area contributed by atoms with Gasteiger partial charge in [-0.2, -0.15) is 0 Å². The van der Waals surface area contributed by atoms with Gasteiger partial charge in [0.25, 0.3) is 5.91 Å². The standard InChI is InChI=1S/C37H49N5O5/c1-24(2)34(42-17-11-16-39-37(42)46)36(45)40-30(20-27-12-7-5-8-13-27)22-32(43)31(21-28-14-9-6-10-15-28)41-33(44)23-47-35-25(3)18-29(38)19-26(35)4/h5-10,12-15,18-19,24,30-32,34,43H,11,16-17,20-23,38H2,1-4H3,(H,39,46)(H,40,45)(H,41,44)/t30-,31-,32-,34-/m1/s1. The summed E-state index contributed by atoms with van der Waals surface area (Å²) in [6.45, 7) is 8.45. The summed E-state index contributed by atoms with van der Waals surface area (Å²) in [5.41, 5.74) is 10.2. The van der Waals surface area contributed by atoms with Crippen LogP contribution in [0.15, 0.2) is 72.8 Å². The summed E-state index contributed by atoms with van der Waals surface area (Å²) >= 11 is 0. The quantitative estimate of drug-likeness (QED) is 0.159. The lowest BCUT2D eigenvalue weighted by Gasteiger charge is -2.37. The van der Waals surface area contributed by atoms with Gasteiger partial charge in [-0.1, -0.05) is 74.5 Å². The van der Waals surface area contributed by atoms with Crippen LogP contribution in [0.2, 0.25) is 0 Å². The molecule has 3 aromatic carbocycles. The second-order valence-electron chi connectivity index (χ2n) is 12.8. The molecule has 0 radical (unpaired) electrons. The number of nitrogens with zero attached hydrogens (tertiary/aromatic N) is 1. The highest BCUT2D eigenvalue weighted by atomic mass is 16.5. The maximum absolute atomic E-state index is 13.8. The number of carbonyl (C=O) groups excluding carboxylic acids is 3. The smallest absolute Gasteiger partial charge is 0.318 e. The molecule has 0 bridgehead atoms. The lowest BCUT2D eigenvalue weighted by molar-refractivity contribution is -0.128. The average Bonchev–Trinajstić information content (AvgIpc) is 3.02. The number of nitrogens with two attached hydrogens (primary N) is 1. The molecule has 1 aliphatic heterocycles. The molecule has 1 fully saturated rings. The molecular weight excluding hydrogens is 594 g/mol. The number of aryl methyl sites for hydroxylation is 2. The molecule has 252 valence electrons. The van der Waals surface area contributed by atoms with Crippen molar-refractivity contribution in [2.24, 2.45) is 5.92 Å². The predicted molar refractivity (Wildman–Crippen MR) is 184 cm³/mol. The normalized spacial score (nSPS) is 15.7. The van der Waals surface area contributed by atoms with Crippen molar-refractivity contribution in [2.45, 2.75) is 77.6 Å². The summed E-state index contributed by atoms with van der Waals surface area (Å²) in [6, 6.07) is 20.9. The van der Waals surface area contributed by atoms with Crippen molar-refractivity contribution in [1.29, 1.82) is 0 Å². The van der Waals surface area contributed by atoms with E-state index in [0.29, 0.717) is 37.4 Å². The third-order valence-corrected chi connectivity index (χ3v) is 8.49. The summed E-state index contributed by atoms with van der Waals surface area (Å²) < 4.78 is 5.90. The highest BCUT2D eigenvalue weighted by Crippen LogP contribution is 2.26. The van der Waals surface area contributed by atoms with Gasteiger partial charge in [0.1, 0.15) is 11.8 Å². The van der Waals surface area contributed by atoms with E-state index in [4.69, 9.17) is 10.5 Å². The van der Waals surface area contributed by atoms with Gasteiger partial charge in [0.05, 0.1) is 12.1 Å². The first kappa shape index (κ1) is 35.3. The molecule has 10 heteroatoms. The molecule has 1 saturated heterocycles. The molecule has 3 aromatic rings. The van der Waals surface area contributed by atoms with Gasteiger partial charge >= 0.3 is 6.03 Å². The summed E-state index contributed by atoms with van der Waals surface area (Å²) in [5.74, 6) is -0.168. The Kier molecular flexibility index (Phi) is 12.6. The number of nitrogen functional groups attached to an aromatic ring is 1. The number of nitrogens with one attached hydrogen (secondary N) is 3. The Morgan fingerprint density at radius 2 is 1.55 bits per heavy atom. The minimum absolute atomic E-state index is 0.125. The molecule has 0 spiro atoms. The maximum atomic E-state index is 13.8.